The number of benzene rings is 2. The van der Waals surface area contributed by atoms with Crippen molar-refractivity contribution in [3.05, 3.63) is 82.1 Å². The minimum Gasteiger partial charge on any atom is -0.327 e. The summed E-state index contributed by atoms with van der Waals surface area (Å²) >= 11 is 0. The van der Waals surface area contributed by atoms with Gasteiger partial charge in [-0.1, -0.05) is 60.7 Å². The molecule has 0 aliphatic carbocycles. The Hall–Kier alpha value is -3.41. The van der Waals surface area contributed by atoms with Gasteiger partial charge >= 0.3 is 6.03 Å². The highest BCUT2D eigenvalue weighted by Crippen LogP contribution is 2.35. The van der Waals surface area contributed by atoms with Crippen molar-refractivity contribution < 1.29 is 4.79 Å². The second-order valence-corrected chi connectivity index (χ2v) is 5.50. The molecule has 0 unspecified atom stereocenters. The number of urea groups is 1. The number of fused-ring (bicyclic) bond motifs is 1. The Morgan fingerprint density at radius 2 is 1.54 bits per heavy atom. The summed E-state index contributed by atoms with van der Waals surface area (Å²) in [6.45, 7) is 0. The van der Waals surface area contributed by atoms with Crippen LogP contribution in [-0.2, 0) is 0 Å². The third-order valence-corrected chi connectivity index (χ3v) is 4.00. The zero-order valence-corrected chi connectivity index (χ0v) is 12.6. The van der Waals surface area contributed by atoms with Crippen LogP contribution in [0.15, 0.2) is 65.5 Å². The highest BCUT2D eigenvalue weighted by molar-refractivity contribution is 5.95. The minimum atomic E-state index is -0.444. The number of hydrogen-bond donors (Lipinski definition) is 3. The molecule has 0 fully saturated rings. The molecule has 1 aliphatic rings. The van der Waals surface area contributed by atoms with E-state index in [1.165, 1.54) is 0 Å². The van der Waals surface area contributed by atoms with Gasteiger partial charge in [-0.05, 0) is 5.56 Å². The number of amides is 2. The fraction of sp³-hybridized carbons (Fsp3) is 0.0556. The van der Waals surface area contributed by atoms with Gasteiger partial charge in [-0.3, -0.25) is 4.79 Å². The fourth-order valence-corrected chi connectivity index (χ4v) is 2.93. The molecule has 118 valence electrons. The molecule has 2 amide bonds. The third-order valence-electron chi connectivity index (χ3n) is 4.00. The second-order valence-electron chi connectivity index (χ2n) is 5.50. The normalized spacial score (nSPS) is 16.0. The Bertz CT molecular complexity index is 952. The van der Waals surface area contributed by atoms with Crippen molar-refractivity contribution in [2.45, 2.75) is 6.04 Å². The van der Waals surface area contributed by atoms with E-state index in [1.807, 2.05) is 60.7 Å². The first-order chi connectivity index (χ1) is 11.7. The van der Waals surface area contributed by atoms with E-state index in [9.17, 15) is 9.59 Å². The molecule has 1 aromatic heterocycles. The zero-order chi connectivity index (χ0) is 16.5. The number of rotatable bonds is 2. The summed E-state index contributed by atoms with van der Waals surface area (Å²) in [5.74, 6) is 0. The SMILES string of the molecule is O=C1Nc2c(c(-c3ccccc3)n[nH]c2=O)[C@H](c2ccccc2)N1. The van der Waals surface area contributed by atoms with Crippen molar-refractivity contribution in [3.63, 3.8) is 0 Å². The Labute approximate surface area is 137 Å². The highest BCUT2D eigenvalue weighted by atomic mass is 16.2. The Balaban J connectivity index is 1.99. The van der Waals surface area contributed by atoms with Crippen molar-refractivity contribution in [1.82, 2.24) is 15.5 Å². The van der Waals surface area contributed by atoms with Gasteiger partial charge in [0.2, 0.25) is 0 Å². The van der Waals surface area contributed by atoms with Gasteiger partial charge in [0, 0.05) is 11.1 Å². The number of nitrogens with zero attached hydrogens (tertiary/aromatic N) is 1. The van der Waals surface area contributed by atoms with Crippen LogP contribution in [0.25, 0.3) is 11.3 Å². The van der Waals surface area contributed by atoms with Gasteiger partial charge in [0.15, 0.2) is 0 Å². The Morgan fingerprint density at radius 1 is 0.875 bits per heavy atom. The number of aromatic nitrogens is 2. The average molecular weight is 318 g/mol. The maximum Gasteiger partial charge on any atom is 0.320 e. The van der Waals surface area contributed by atoms with Crippen molar-refractivity contribution in [3.8, 4) is 11.3 Å². The van der Waals surface area contributed by atoms with Crippen LogP contribution in [0, 0.1) is 0 Å². The van der Waals surface area contributed by atoms with Crippen LogP contribution in [0.3, 0.4) is 0 Å². The van der Waals surface area contributed by atoms with Gasteiger partial charge in [-0.25, -0.2) is 9.89 Å². The summed E-state index contributed by atoms with van der Waals surface area (Å²) in [6, 6.07) is 18.2. The number of anilines is 1. The van der Waals surface area contributed by atoms with E-state index in [4.69, 9.17) is 0 Å². The van der Waals surface area contributed by atoms with E-state index < -0.39 is 17.6 Å². The van der Waals surface area contributed by atoms with E-state index in [0.717, 1.165) is 11.1 Å². The topological polar surface area (TPSA) is 86.9 Å². The van der Waals surface area contributed by atoms with Gasteiger partial charge in [0.25, 0.3) is 5.56 Å². The molecule has 2 aromatic carbocycles. The van der Waals surface area contributed by atoms with Gasteiger partial charge in [-0.15, -0.1) is 0 Å². The molecule has 4 rings (SSSR count). The molecule has 24 heavy (non-hydrogen) atoms. The maximum absolute atomic E-state index is 12.2. The summed E-state index contributed by atoms with van der Waals surface area (Å²) in [5.41, 5.74) is 2.87. The van der Waals surface area contributed by atoms with E-state index in [1.54, 1.807) is 0 Å². The van der Waals surface area contributed by atoms with Crippen LogP contribution < -0.4 is 16.2 Å². The number of carbonyl (C=O) groups is 1. The van der Waals surface area contributed by atoms with Crippen molar-refractivity contribution in [1.29, 1.82) is 0 Å². The first kappa shape index (κ1) is 14.2. The van der Waals surface area contributed by atoms with Crippen LogP contribution in [-0.4, -0.2) is 16.2 Å². The monoisotopic (exact) mass is 318 g/mol. The van der Waals surface area contributed by atoms with Crippen molar-refractivity contribution in [2.75, 3.05) is 5.32 Å². The van der Waals surface area contributed by atoms with Gasteiger partial charge in [0.05, 0.1) is 11.7 Å². The van der Waals surface area contributed by atoms with Crippen molar-refractivity contribution in [2.24, 2.45) is 0 Å². The third kappa shape index (κ3) is 2.34. The van der Waals surface area contributed by atoms with Crippen molar-refractivity contribution >= 4 is 11.7 Å². The summed E-state index contributed by atoms with van der Waals surface area (Å²) in [4.78, 5) is 24.2. The molecule has 6 nitrogen and oxygen atoms in total. The lowest BCUT2D eigenvalue weighted by molar-refractivity contribution is 0.249. The summed E-state index contributed by atoms with van der Waals surface area (Å²) < 4.78 is 0. The van der Waals surface area contributed by atoms with E-state index in [2.05, 4.69) is 20.8 Å². The molecular weight excluding hydrogens is 304 g/mol. The lowest BCUT2D eigenvalue weighted by Crippen LogP contribution is -2.41. The molecule has 1 aliphatic heterocycles. The van der Waals surface area contributed by atoms with Gasteiger partial charge in [0.1, 0.15) is 5.69 Å². The lowest BCUT2D eigenvalue weighted by Gasteiger charge is -2.28. The molecule has 0 spiro atoms. The summed E-state index contributed by atoms with van der Waals surface area (Å²) in [6.07, 6.45) is 0. The smallest absolute Gasteiger partial charge is 0.320 e. The van der Waals surface area contributed by atoms with Crippen LogP contribution in [0.5, 0.6) is 0 Å². The van der Waals surface area contributed by atoms with Gasteiger partial charge < -0.3 is 10.6 Å². The van der Waals surface area contributed by atoms with Crippen LogP contribution >= 0.6 is 0 Å². The molecular formula is C18H14N4O2. The number of aromatic amines is 1. The summed E-state index contributed by atoms with van der Waals surface area (Å²) in [5, 5.41) is 12.2. The van der Waals surface area contributed by atoms with E-state index in [0.29, 0.717) is 11.3 Å². The lowest BCUT2D eigenvalue weighted by atomic mass is 9.92. The standard InChI is InChI=1S/C18H14N4O2/c23-17-16-13(15(21-22-17)12-9-5-2-6-10-12)14(19-18(24)20-16)11-7-3-1-4-8-11/h1-10,14H,(H,22,23)(H2,19,20,24)/t14-/m0/s1. The molecule has 0 saturated carbocycles. The molecule has 0 bridgehead atoms. The maximum atomic E-state index is 12.2. The van der Waals surface area contributed by atoms with Crippen LogP contribution in [0.1, 0.15) is 17.2 Å². The molecule has 3 N–H and O–H groups in total. The largest absolute Gasteiger partial charge is 0.327 e. The molecule has 0 saturated heterocycles. The first-order valence-electron chi connectivity index (χ1n) is 7.54. The van der Waals surface area contributed by atoms with Crippen LogP contribution in [0.4, 0.5) is 10.5 Å². The van der Waals surface area contributed by atoms with Crippen LogP contribution in [0.2, 0.25) is 0 Å². The predicted molar refractivity (Wildman–Crippen MR) is 90.7 cm³/mol. The zero-order valence-electron chi connectivity index (χ0n) is 12.6. The predicted octanol–water partition coefficient (Wildman–Crippen LogP) is 2.66. The molecule has 2 heterocycles. The fourth-order valence-electron chi connectivity index (χ4n) is 2.93. The minimum absolute atomic E-state index is 0.237. The number of hydrogen-bond acceptors (Lipinski definition) is 3. The summed E-state index contributed by atoms with van der Waals surface area (Å²) in [7, 11) is 0. The van der Waals surface area contributed by atoms with E-state index >= 15 is 0 Å². The van der Waals surface area contributed by atoms with Gasteiger partial charge in [-0.2, -0.15) is 5.10 Å². The molecule has 1 atom stereocenters. The quantitative estimate of drug-likeness (QED) is 0.679. The molecule has 0 radical (unpaired) electrons. The Morgan fingerprint density at radius 3 is 2.25 bits per heavy atom. The number of H-pyrrole nitrogens is 1. The number of carbonyl (C=O) groups excluding carboxylic acids is 1. The van der Waals surface area contributed by atoms with E-state index in [-0.39, 0.29) is 5.69 Å². The molecule has 3 aromatic rings. The second kappa shape index (κ2) is 5.66. The highest BCUT2D eigenvalue weighted by Gasteiger charge is 2.31. The number of nitrogens with one attached hydrogen (secondary N) is 3. The molecule has 6 heteroatoms. The Kier molecular flexibility index (Phi) is 3.35. The average Bonchev–Trinajstić information content (AvgIpc) is 2.63. The first-order valence-corrected chi connectivity index (χ1v) is 7.54.